The number of nitrogens with two attached hydrogens (primary N) is 1. The number of nitrogens with zero attached hydrogens (tertiary/aromatic N) is 1. The number of anilines is 2. The Bertz CT molecular complexity index is 586. The number of alkyl halides is 2. The van der Waals surface area contributed by atoms with Crippen LogP contribution in [0.1, 0.15) is 10.5 Å². The van der Waals surface area contributed by atoms with E-state index in [9.17, 15) is 13.6 Å². The van der Waals surface area contributed by atoms with Crippen molar-refractivity contribution in [1.29, 1.82) is 0 Å². The molecule has 2 rings (SSSR count). The van der Waals surface area contributed by atoms with Gasteiger partial charge in [0.1, 0.15) is 11.4 Å². The fourth-order valence-corrected chi connectivity index (χ4v) is 1.45. The van der Waals surface area contributed by atoms with Crippen LogP contribution >= 0.6 is 0 Å². The molecule has 0 saturated carbocycles. The van der Waals surface area contributed by atoms with E-state index >= 15 is 0 Å². The number of pyridine rings is 1. The third-order valence-electron chi connectivity index (χ3n) is 2.36. The Morgan fingerprint density at radius 1 is 1.20 bits per heavy atom. The third kappa shape index (κ3) is 3.64. The van der Waals surface area contributed by atoms with Crippen molar-refractivity contribution in [3.05, 3.63) is 48.3 Å². The van der Waals surface area contributed by atoms with Crippen LogP contribution in [0.3, 0.4) is 0 Å². The highest BCUT2D eigenvalue weighted by Gasteiger charge is 2.08. The van der Waals surface area contributed by atoms with Gasteiger partial charge in [-0.15, -0.1) is 0 Å². The van der Waals surface area contributed by atoms with E-state index in [0.29, 0.717) is 11.4 Å². The predicted molar refractivity (Wildman–Crippen MR) is 69.7 cm³/mol. The number of ether oxygens (including phenoxy) is 1. The smallest absolute Gasteiger partial charge is 0.387 e. The molecule has 1 amide bonds. The quantitative estimate of drug-likeness (QED) is 0.901. The lowest BCUT2D eigenvalue weighted by molar-refractivity contribution is -0.0498. The molecule has 0 aliphatic heterocycles. The normalized spacial score (nSPS) is 10.3. The van der Waals surface area contributed by atoms with Crippen molar-refractivity contribution in [2.24, 2.45) is 0 Å². The minimum Gasteiger partial charge on any atom is -0.435 e. The maximum atomic E-state index is 12.0. The Labute approximate surface area is 113 Å². The highest BCUT2D eigenvalue weighted by Crippen LogP contribution is 2.18. The molecule has 0 aliphatic rings. The number of halogens is 2. The molecule has 0 spiro atoms. The zero-order chi connectivity index (χ0) is 14.5. The Balaban J connectivity index is 2.02. The van der Waals surface area contributed by atoms with Crippen molar-refractivity contribution in [1.82, 2.24) is 4.98 Å². The van der Waals surface area contributed by atoms with Crippen LogP contribution in [0.15, 0.2) is 42.6 Å². The predicted octanol–water partition coefficient (Wildman–Crippen LogP) is 2.52. The molecule has 7 heteroatoms. The molecular formula is C13H11F2N3O2. The zero-order valence-corrected chi connectivity index (χ0v) is 10.2. The van der Waals surface area contributed by atoms with Gasteiger partial charge in [0.2, 0.25) is 0 Å². The summed E-state index contributed by atoms with van der Waals surface area (Å²) in [7, 11) is 0. The molecule has 1 aromatic heterocycles. The minimum absolute atomic E-state index is 0.0172. The Morgan fingerprint density at radius 3 is 2.45 bits per heavy atom. The molecule has 1 heterocycles. The molecule has 2 aromatic rings. The van der Waals surface area contributed by atoms with Crippen LogP contribution in [0.4, 0.5) is 20.2 Å². The Hall–Kier alpha value is -2.70. The first-order chi connectivity index (χ1) is 9.54. The lowest BCUT2D eigenvalue weighted by Crippen LogP contribution is -2.13. The van der Waals surface area contributed by atoms with Crippen LogP contribution in [-0.4, -0.2) is 17.5 Å². The van der Waals surface area contributed by atoms with Gasteiger partial charge in [0.25, 0.3) is 5.91 Å². The van der Waals surface area contributed by atoms with Crippen LogP contribution in [-0.2, 0) is 0 Å². The van der Waals surface area contributed by atoms with Crippen molar-refractivity contribution < 1.29 is 18.3 Å². The van der Waals surface area contributed by atoms with Gasteiger partial charge in [-0.3, -0.25) is 4.79 Å². The van der Waals surface area contributed by atoms with Crippen LogP contribution < -0.4 is 15.8 Å². The molecule has 5 nitrogen and oxygen atoms in total. The minimum atomic E-state index is -2.88. The number of benzene rings is 1. The average Bonchev–Trinajstić information content (AvgIpc) is 2.41. The summed E-state index contributed by atoms with van der Waals surface area (Å²) in [5.41, 5.74) is 6.56. The van der Waals surface area contributed by atoms with Gasteiger partial charge >= 0.3 is 6.61 Å². The fourth-order valence-electron chi connectivity index (χ4n) is 1.45. The molecule has 0 fully saturated rings. The summed E-state index contributed by atoms with van der Waals surface area (Å²) < 4.78 is 28.1. The van der Waals surface area contributed by atoms with Crippen LogP contribution in [0.5, 0.6) is 5.75 Å². The number of nitrogen functional groups attached to an aromatic ring is 1. The van der Waals surface area contributed by atoms with E-state index in [0.717, 1.165) is 0 Å². The van der Waals surface area contributed by atoms with E-state index in [1.165, 1.54) is 36.5 Å². The number of aromatic nitrogens is 1. The second kappa shape index (κ2) is 5.96. The van der Waals surface area contributed by atoms with Gasteiger partial charge in [0.15, 0.2) is 0 Å². The van der Waals surface area contributed by atoms with Crippen LogP contribution in [0, 0.1) is 0 Å². The van der Waals surface area contributed by atoms with Crippen LogP contribution in [0.25, 0.3) is 0 Å². The Kier molecular flexibility index (Phi) is 4.09. The van der Waals surface area contributed by atoms with E-state index in [1.807, 2.05) is 0 Å². The van der Waals surface area contributed by atoms with E-state index in [2.05, 4.69) is 15.0 Å². The van der Waals surface area contributed by atoms with Crippen LogP contribution in [0.2, 0.25) is 0 Å². The van der Waals surface area contributed by atoms with E-state index < -0.39 is 12.5 Å². The van der Waals surface area contributed by atoms with Crippen molar-refractivity contribution in [2.75, 3.05) is 11.1 Å². The molecule has 104 valence electrons. The summed E-state index contributed by atoms with van der Waals surface area (Å²) in [5.74, 6) is -0.406. The van der Waals surface area contributed by atoms with E-state index in [4.69, 9.17) is 5.73 Å². The number of carbonyl (C=O) groups is 1. The van der Waals surface area contributed by atoms with Gasteiger partial charge < -0.3 is 15.8 Å². The van der Waals surface area contributed by atoms with Gasteiger partial charge in [0.05, 0.1) is 11.9 Å². The molecular weight excluding hydrogens is 268 g/mol. The maximum absolute atomic E-state index is 12.0. The first-order valence-corrected chi connectivity index (χ1v) is 5.62. The molecule has 0 atom stereocenters. The van der Waals surface area contributed by atoms with Gasteiger partial charge in [0, 0.05) is 5.69 Å². The monoisotopic (exact) mass is 279 g/mol. The molecule has 0 radical (unpaired) electrons. The molecule has 0 saturated heterocycles. The highest BCUT2D eigenvalue weighted by atomic mass is 19.3. The second-order valence-corrected chi connectivity index (χ2v) is 3.83. The van der Waals surface area contributed by atoms with Gasteiger partial charge in [-0.2, -0.15) is 8.78 Å². The molecule has 3 N–H and O–H groups in total. The van der Waals surface area contributed by atoms with Gasteiger partial charge in [-0.25, -0.2) is 4.98 Å². The Morgan fingerprint density at radius 2 is 1.90 bits per heavy atom. The van der Waals surface area contributed by atoms with Crippen molar-refractivity contribution >= 4 is 17.3 Å². The topological polar surface area (TPSA) is 77.2 Å². The first-order valence-electron chi connectivity index (χ1n) is 5.62. The van der Waals surface area contributed by atoms with Gasteiger partial charge in [-0.05, 0) is 36.4 Å². The lowest BCUT2D eigenvalue weighted by atomic mass is 10.2. The number of hydrogen-bond acceptors (Lipinski definition) is 4. The first kappa shape index (κ1) is 13.7. The third-order valence-corrected chi connectivity index (χ3v) is 2.36. The average molecular weight is 279 g/mol. The standard InChI is InChI=1S/C13H11F2N3O2/c14-13(15)20-10-4-2-9(3-5-10)18-12(19)11-6-1-8(16)7-17-11/h1-7,13H,16H2,(H,18,19). The number of nitrogens with one attached hydrogen (secondary N) is 1. The highest BCUT2D eigenvalue weighted by molar-refractivity contribution is 6.02. The van der Waals surface area contributed by atoms with E-state index in [1.54, 1.807) is 6.07 Å². The van der Waals surface area contributed by atoms with Gasteiger partial charge in [-0.1, -0.05) is 0 Å². The zero-order valence-electron chi connectivity index (χ0n) is 10.2. The number of hydrogen-bond donors (Lipinski definition) is 2. The number of rotatable bonds is 4. The van der Waals surface area contributed by atoms with Crippen molar-refractivity contribution in [3.8, 4) is 5.75 Å². The lowest BCUT2D eigenvalue weighted by Gasteiger charge is -2.07. The maximum Gasteiger partial charge on any atom is 0.387 e. The number of amides is 1. The summed E-state index contributed by atoms with van der Waals surface area (Å²) in [5, 5.41) is 2.57. The SMILES string of the molecule is Nc1ccc(C(=O)Nc2ccc(OC(F)F)cc2)nc1. The summed E-state index contributed by atoms with van der Waals surface area (Å²) in [4.78, 5) is 15.7. The molecule has 1 aromatic carbocycles. The summed E-state index contributed by atoms with van der Waals surface area (Å²) >= 11 is 0. The molecule has 0 unspecified atom stereocenters. The largest absolute Gasteiger partial charge is 0.435 e. The van der Waals surface area contributed by atoms with Crippen molar-refractivity contribution in [3.63, 3.8) is 0 Å². The summed E-state index contributed by atoms with van der Waals surface area (Å²) in [6.45, 7) is -2.88. The van der Waals surface area contributed by atoms with E-state index in [-0.39, 0.29) is 11.4 Å². The van der Waals surface area contributed by atoms with Crippen molar-refractivity contribution in [2.45, 2.75) is 6.61 Å². The molecule has 20 heavy (non-hydrogen) atoms. The second-order valence-electron chi connectivity index (χ2n) is 3.83. The summed E-state index contributed by atoms with van der Waals surface area (Å²) in [6.07, 6.45) is 1.37. The molecule has 0 bridgehead atoms. The molecule has 0 aliphatic carbocycles. The number of carbonyl (C=O) groups excluding carboxylic acids is 1. The fraction of sp³-hybridized carbons (Fsp3) is 0.0769. The summed E-state index contributed by atoms with van der Waals surface area (Å²) in [6, 6.07) is 8.61.